The molecular formula is C20H27NO7. The van der Waals surface area contributed by atoms with Crippen molar-refractivity contribution in [1.29, 1.82) is 0 Å². The topological polar surface area (TPSA) is 97.7 Å². The molecule has 8 nitrogen and oxygen atoms in total. The van der Waals surface area contributed by atoms with Crippen LogP contribution < -0.4 is 0 Å². The molecule has 3 saturated heterocycles. The monoisotopic (exact) mass is 393 g/mol. The van der Waals surface area contributed by atoms with Crippen molar-refractivity contribution in [3.8, 4) is 0 Å². The highest BCUT2D eigenvalue weighted by molar-refractivity contribution is 5.68. The Hall–Kier alpha value is -1.71. The fourth-order valence-corrected chi connectivity index (χ4v) is 4.34. The summed E-state index contributed by atoms with van der Waals surface area (Å²) in [5.74, 6) is -1.04. The Kier molecular flexibility index (Phi) is 5.32. The van der Waals surface area contributed by atoms with E-state index in [9.17, 15) is 15.0 Å². The maximum Gasteiger partial charge on any atom is 0.410 e. The van der Waals surface area contributed by atoms with Crippen molar-refractivity contribution in [3.63, 3.8) is 0 Å². The van der Waals surface area contributed by atoms with Crippen LogP contribution in [0.2, 0.25) is 0 Å². The van der Waals surface area contributed by atoms with Gasteiger partial charge in [0.15, 0.2) is 12.1 Å². The highest BCUT2D eigenvalue weighted by atomic mass is 16.8. The average molecular weight is 393 g/mol. The molecule has 1 aromatic carbocycles. The molecule has 154 valence electrons. The Labute approximate surface area is 163 Å². The van der Waals surface area contributed by atoms with E-state index >= 15 is 0 Å². The fourth-order valence-electron chi connectivity index (χ4n) is 4.34. The molecule has 1 aromatic rings. The molecule has 3 heterocycles. The third-order valence-corrected chi connectivity index (χ3v) is 5.65. The van der Waals surface area contributed by atoms with Crippen molar-refractivity contribution in [1.82, 2.24) is 4.90 Å². The van der Waals surface area contributed by atoms with Gasteiger partial charge < -0.3 is 34.1 Å². The normalized spacial score (nSPS) is 36.5. The van der Waals surface area contributed by atoms with Crippen molar-refractivity contribution in [2.75, 3.05) is 13.2 Å². The first-order valence-corrected chi connectivity index (χ1v) is 9.67. The minimum Gasteiger partial charge on any atom is -0.445 e. The van der Waals surface area contributed by atoms with Gasteiger partial charge in [-0.2, -0.15) is 0 Å². The van der Waals surface area contributed by atoms with Gasteiger partial charge >= 0.3 is 6.09 Å². The Morgan fingerprint density at radius 1 is 1.25 bits per heavy atom. The predicted molar refractivity (Wildman–Crippen MR) is 97.0 cm³/mol. The number of ether oxygens (including phenoxy) is 4. The summed E-state index contributed by atoms with van der Waals surface area (Å²) >= 11 is 0. The number of fused-ring (bicyclic) bond motifs is 1. The first-order chi connectivity index (χ1) is 13.4. The number of hydrogen-bond donors (Lipinski definition) is 2. The van der Waals surface area contributed by atoms with Gasteiger partial charge in [0.1, 0.15) is 24.9 Å². The first-order valence-electron chi connectivity index (χ1n) is 9.67. The summed E-state index contributed by atoms with van der Waals surface area (Å²) < 4.78 is 22.8. The molecule has 0 spiro atoms. The second-order valence-electron chi connectivity index (χ2n) is 8.02. The fraction of sp³-hybridized carbons (Fsp3) is 0.650. The minimum atomic E-state index is -0.964. The first kappa shape index (κ1) is 19.6. The van der Waals surface area contributed by atoms with Crippen LogP contribution >= 0.6 is 0 Å². The van der Waals surface area contributed by atoms with Crippen LogP contribution in [-0.4, -0.2) is 70.8 Å². The Morgan fingerprint density at radius 2 is 2.00 bits per heavy atom. The maximum atomic E-state index is 12.7. The predicted octanol–water partition coefficient (Wildman–Crippen LogP) is 1.24. The van der Waals surface area contributed by atoms with E-state index in [0.29, 0.717) is 13.0 Å². The second-order valence-corrected chi connectivity index (χ2v) is 8.02. The van der Waals surface area contributed by atoms with E-state index in [0.717, 1.165) is 5.56 Å². The lowest BCUT2D eigenvalue weighted by molar-refractivity contribution is -0.222. The lowest BCUT2D eigenvalue weighted by Gasteiger charge is -2.34. The number of rotatable bonds is 4. The number of aliphatic hydroxyl groups is 2. The van der Waals surface area contributed by atoms with Crippen molar-refractivity contribution >= 4 is 6.09 Å². The summed E-state index contributed by atoms with van der Waals surface area (Å²) in [7, 11) is 0. The highest BCUT2D eigenvalue weighted by Gasteiger charge is 2.59. The van der Waals surface area contributed by atoms with E-state index < -0.39 is 42.5 Å². The number of hydrogen-bond acceptors (Lipinski definition) is 7. The van der Waals surface area contributed by atoms with Crippen LogP contribution in [0.5, 0.6) is 0 Å². The van der Waals surface area contributed by atoms with Crippen LogP contribution in [0.25, 0.3) is 0 Å². The molecule has 0 bridgehead atoms. The molecule has 6 atom stereocenters. The molecule has 0 aliphatic carbocycles. The lowest BCUT2D eigenvalue weighted by atomic mass is 9.93. The van der Waals surface area contributed by atoms with Crippen LogP contribution in [0.3, 0.4) is 0 Å². The zero-order chi connectivity index (χ0) is 19.9. The summed E-state index contributed by atoms with van der Waals surface area (Å²) in [6.07, 6.45) is -2.88. The van der Waals surface area contributed by atoms with Crippen molar-refractivity contribution in [3.05, 3.63) is 35.9 Å². The van der Waals surface area contributed by atoms with Gasteiger partial charge in [-0.3, -0.25) is 0 Å². The number of carbonyl (C=O) groups excluding carboxylic acids is 1. The van der Waals surface area contributed by atoms with E-state index in [1.807, 2.05) is 30.3 Å². The second kappa shape index (κ2) is 7.61. The number of amides is 1. The molecule has 8 heteroatoms. The average Bonchev–Trinajstić information content (AvgIpc) is 3.31. The van der Waals surface area contributed by atoms with Crippen molar-refractivity contribution in [2.24, 2.45) is 5.92 Å². The van der Waals surface area contributed by atoms with Crippen molar-refractivity contribution in [2.45, 2.75) is 63.3 Å². The van der Waals surface area contributed by atoms with Gasteiger partial charge in [-0.15, -0.1) is 0 Å². The molecule has 4 rings (SSSR count). The van der Waals surface area contributed by atoms with Crippen LogP contribution in [0.15, 0.2) is 30.3 Å². The molecule has 2 N–H and O–H groups in total. The van der Waals surface area contributed by atoms with E-state index in [1.165, 1.54) is 0 Å². The third kappa shape index (κ3) is 3.62. The third-order valence-electron chi connectivity index (χ3n) is 5.65. The van der Waals surface area contributed by atoms with E-state index in [4.69, 9.17) is 18.9 Å². The summed E-state index contributed by atoms with van der Waals surface area (Å²) in [5, 5.41) is 20.6. The molecule has 0 aromatic heterocycles. The SMILES string of the molecule is CC1(C)O[C@H]2O[C@H]([C@H]3[C@@H](CO)CCN3C(=O)OCc3ccccc3)[C@H](O)[C@H]2O1. The van der Waals surface area contributed by atoms with Gasteiger partial charge in [0.05, 0.1) is 6.04 Å². The molecule has 1 amide bonds. The van der Waals surface area contributed by atoms with Gasteiger partial charge in [0.25, 0.3) is 0 Å². The molecule has 0 unspecified atom stereocenters. The van der Waals surface area contributed by atoms with Crippen LogP contribution in [0.4, 0.5) is 4.79 Å². The van der Waals surface area contributed by atoms with E-state index in [2.05, 4.69) is 0 Å². The Balaban J connectivity index is 1.45. The van der Waals surface area contributed by atoms with Crippen LogP contribution in [0, 0.1) is 5.92 Å². The molecule has 3 fully saturated rings. The van der Waals surface area contributed by atoms with Crippen LogP contribution in [0.1, 0.15) is 25.8 Å². The Bertz CT molecular complexity index is 697. The molecule has 3 aliphatic heterocycles. The number of likely N-dealkylation sites (tertiary alicyclic amines) is 1. The highest BCUT2D eigenvalue weighted by Crippen LogP contribution is 2.42. The van der Waals surface area contributed by atoms with E-state index in [-0.39, 0.29) is 19.1 Å². The van der Waals surface area contributed by atoms with Gasteiger partial charge in [0, 0.05) is 19.1 Å². The molecule has 28 heavy (non-hydrogen) atoms. The molecular weight excluding hydrogens is 366 g/mol. The van der Waals surface area contributed by atoms with Gasteiger partial charge in [-0.05, 0) is 25.8 Å². The summed E-state index contributed by atoms with van der Waals surface area (Å²) in [6, 6.07) is 8.91. The summed E-state index contributed by atoms with van der Waals surface area (Å²) in [6.45, 7) is 4.00. The standard InChI is InChI=1S/C20H27NO7/c1-20(2)27-17-15(23)16(26-18(17)28-20)14-13(10-22)8-9-21(14)19(24)25-11-12-6-4-3-5-7-12/h3-7,13-18,22-23H,8-11H2,1-2H3/t13-,14-,15+,16-,17-,18-/m1/s1. The van der Waals surface area contributed by atoms with Crippen LogP contribution in [-0.2, 0) is 25.6 Å². The number of aliphatic hydroxyl groups excluding tert-OH is 2. The largest absolute Gasteiger partial charge is 0.445 e. The quantitative estimate of drug-likeness (QED) is 0.794. The maximum absolute atomic E-state index is 12.7. The number of carbonyl (C=O) groups is 1. The summed E-state index contributed by atoms with van der Waals surface area (Å²) in [4.78, 5) is 14.3. The van der Waals surface area contributed by atoms with Gasteiger partial charge in [0.2, 0.25) is 0 Å². The zero-order valence-corrected chi connectivity index (χ0v) is 16.1. The number of benzene rings is 1. The van der Waals surface area contributed by atoms with Gasteiger partial charge in [-0.25, -0.2) is 4.79 Å². The molecule has 0 radical (unpaired) electrons. The lowest BCUT2D eigenvalue weighted by Crippen LogP contribution is -2.51. The summed E-state index contributed by atoms with van der Waals surface area (Å²) in [5.41, 5.74) is 0.890. The minimum absolute atomic E-state index is 0.109. The molecule has 0 saturated carbocycles. The van der Waals surface area contributed by atoms with E-state index in [1.54, 1.807) is 18.7 Å². The zero-order valence-electron chi connectivity index (χ0n) is 16.1. The molecule has 3 aliphatic rings. The number of nitrogens with zero attached hydrogens (tertiary/aromatic N) is 1. The smallest absolute Gasteiger partial charge is 0.410 e. The Morgan fingerprint density at radius 3 is 2.68 bits per heavy atom. The van der Waals surface area contributed by atoms with Gasteiger partial charge in [-0.1, -0.05) is 30.3 Å². The van der Waals surface area contributed by atoms with Crippen molar-refractivity contribution < 1.29 is 34.0 Å².